The third kappa shape index (κ3) is 2.23. The van der Waals surface area contributed by atoms with Crippen LogP contribution in [-0.4, -0.2) is 11.2 Å². The van der Waals surface area contributed by atoms with Crippen molar-refractivity contribution in [1.82, 2.24) is 0 Å². The zero-order valence-electron chi connectivity index (χ0n) is 9.61. The highest BCUT2D eigenvalue weighted by molar-refractivity contribution is 5.35. The Bertz CT molecular complexity index is 330. The topological polar surface area (TPSA) is 20.2 Å². The molecular formula is C14H20O. The number of aryl methyl sites for hydroxylation is 1. The molecule has 0 heterocycles. The fourth-order valence-electron chi connectivity index (χ4n) is 2.64. The number of aliphatic hydroxyl groups is 1. The Hall–Kier alpha value is -0.820. The van der Waals surface area contributed by atoms with Crippen LogP contribution in [0.1, 0.15) is 43.7 Å². The van der Waals surface area contributed by atoms with Gasteiger partial charge in [0, 0.05) is 5.92 Å². The summed E-state index contributed by atoms with van der Waals surface area (Å²) in [6, 6.07) is 8.54. The van der Waals surface area contributed by atoms with E-state index in [1.807, 2.05) is 0 Å². The summed E-state index contributed by atoms with van der Waals surface area (Å²) in [7, 11) is 0. The van der Waals surface area contributed by atoms with Crippen LogP contribution >= 0.6 is 0 Å². The first-order valence-electron chi connectivity index (χ1n) is 5.94. The van der Waals surface area contributed by atoms with Gasteiger partial charge in [-0.05, 0) is 36.3 Å². The molecule has 1 aromatic rings. The van der Waals surface area contributed by atoms with Crippen LogP contribution in [0.2, 0.25) is 0 Å². The minimum Gasteiger partial charge on any atom is -0.392 e. The van der Waals surface area contributed by atoms with Crippen LogP contribution in [0.25, 0.3) is 0 Å². The van der Waals surface area contributed by atoms with Gasteiger partial charge < -0.3 is 5.11 Å². The van der Waals surface area contributed by atoms with Gasteiger partial charge in [-0.1, -0.05) is 38.1 Å². The van der Waals surface area contributed by atoms with Crippen LogP contribution in [0.15, 0.2) is 24.3 Å². The van der Waals surface area contributed by atoms with Gasteiger partial charge in [-0.25, -0.2) is 0 Å². The van der Waals surface area contributed by atoms with E-state index in [0.717, 1.165) is 19.3 Å². The van der Waals surface area contributed by atoms with Crippen molar-refractivity contribution in [1.29, 1.82) is 0 Å². The van der Waals surface area contributed by atoms with Crippen molar-refractivity contribution in [3.63, 3.8) is 0 Å². The maximum absolute atomic E-state index is 10.2. The Morgan fingerprint density at radius 1 is 1.33 bits per heavy atom. The maximum atomic E-state index is 10.2. The molecule has 2 unspecified atom stereocenters. The van der Waals surface area contributed by atoms with E-state index >= 15 is 0 Å². The molecule has 0 radical (unpaired) electrons. The standard InChI is InChI=1S/C14H20O/c1-10(2)9-14(15)13-8-7-11-5-3-4-6-12(11)13/h3-6,10,13-15H,7-9H2,1-2H3. The number of benzene rings is 1. The summed E-state index contributed by atoms with van der Waals surface area (Å²) >= 11 is 0. The number of hydrogen-bond acceptors (Lipinski definition) is 1. The van der Waals surface area contributed by atoms with Crippen molar-refractivity contribution in [3.05, 3.63) is 35.4 Å². The van der Waals surface area contributed by atoms with Crippen molar-refractivity contribution >= 4 is 0 Å². The van der Waals surface area contributed by atoms with Crippen molar-refractivity contribution in [2.75, 3.05) is 0 Å². The van der Waals surface area contributed by atoms with Gasteiger partial charge in [-0.15, -0.1) is 0 Å². The van der Waals surface area contributed by atoms with Gasteiger partial charge in [-0.3, -0.25) is 0 Å². The van der Waals surface area contributed by atoms with E-state index in [9.17, 15) is 5.11 Å². The van der Waals surface area contributed by atoms with Gasteiger partial charge in [0.05, 0.1) is 6.10 Å². The van der Waals surface area contributed by atoms with Crippen LogP contribution in [0, 0.1) is 5.92 Å². The predicted molar refractivity (Wildman–Crippen MR) is 63.0 cm³/mol. The fourth-order valence-corrected chi connectivity index (χ4v) is 2.64. The van der Waals surface area contributed by atoms with E-state index in [1.54, 1.807) is 0 Å². The minimum absolute atomic E-state index is 0.159. The van der Waals surface area contributed by atoms with Crippen molar-refractivity contribution in [3.8, 4) is 0 Å². The summed E-state index contributed by atoms with van der Waals surface area (Å²) in [6.07, 6.45) is 3.01. The largest absolute Gasteiger partial charge is 0.392 e. The lowest BCUT2D eigenvalue weighted by molar-refractivity contribution is 0.119. The second-order valence-corrected chi connectivity index (χ2v) is 5.04. The van der Waals surface area contributed by atoms with Crippen molar-refractivity contribution < 1.29 is 5.11 Å². The molecule has 1 aliphatic rings. The molecule has 1 aromatic carbocycles. The average molecular weight is 204 g/mol. The van der Waals surface area contributed by atoms with Gasteiger partial charge in [0.15, 0.2) is 0 Å². The molecular weight excluding hydrogens is 184 g/mol. The lowest BCUT2D eigenvalue weighted by Gasteiger charge is -2.20. The van der Waals surface area contributed by atoms with Crippen LogP contribution in [-0.2, 0) is 6.42 Å². The maximum Gasteiger partial charge on any atom is 0.0611 e. The lowest BCUT2D eigenvalue weighted by Crippen LogP contribution is -2.18. The van der Waals surface area contributed by atoms with Crippen LogP contribution < -0.4 is 0 Å². The minimum atomic E-state index is -0.159. The molecule has 1 N–H and O–H groups in total. The Kier molecular flexibility index (Phi) is 3.11. The first-order chi connectivity index (χ1) is 7.18. The molecule has 0 bridgehead atoms. The van der Waals surface area contributed by atoms with Crippen LogP contribution in [0.3, 0.4) is 0 Å². The normalized spacial score (nSPS) is 21.7. The highest BCUT2D eigenvalue weighted by atomic mass is 16.3. The van der Waals surface area contributed by atoms with E-state index in [0.29, 0.717) is 11.8 Å². The van der Waals surface area contributed by atoms with Crippen LogP contribution in [0.5, 0.6) is 0 Å². The molecule has 0 aliphatic heterocycles. The molecule has 1 heteroatoms. The zero-order valence-corrected chi connectivity index (χ0v) is 9.61. The molecule has 1 aliphatic carbocycles. The molecule has 0 aromatic heterocycles. The third-order valence-electron chi connectivity index (χ3n) is 3.36. The smallest absolute Gasteiger partial charge is 0.0611 e. The first kappa shape index (κ1) is 10.7. The molecule has 0 saturated heterocycles. The highest BCUT2D eigenvalue weighted by Gasteiger charge is 2.28. The highest BCUT2D eigenvalue weighted by Crippen LogP contribution is 2.36. The van der Waals surface area contributed by atoms with E-state index in [4.69, 9.17) is 0 Å². The molecule has 0 saturated carbocycles. The quantitative estimate of drug-likeness (QED) is 0.802. The van der Waals surface area contributed by atoms with Gasteiger partial charge in [0.2, 0.25) is 0 Å². The lowest BCUT2D eigenvalue weighted by atomic mass is 9.90. The predicted octanol–water partition coefficient (Wildman–Crippen LogP) is 3.12. The summed E-state index contributed by atoms with van der Waals surface area (Å²) in [5.41, 5.74) is 2.82. The summed E-state index contributed by atoms with van der Waals surface area (Å²) < 4.78 is 0. The van der Waals surface area contributed by atoms with E-state index in [2.05, 4.69) is 38.1 Å². The number of hydrogen-bond donors (Lipinski definition) is 1. The second-order valence-electron chi connectivity index (χ2n) is 5.04. The van der Waals surface area contributed by atoms with Gasteiger partial charge >= 0.3 is 0 Å². The second kappa shape index (κ2) is 4.36. The fraction of sp³-hybridized carbons (Fsp3) is 0.571. The van der Waals surface area contributed by atoms with Gasteiger partial charge in [0.1, 0.15) is 0 Å². The molecule has 2 rings (SSSR count). The molecule has 2 atom stereocenters. The molecule has 0 amide bonds. The third-order valence-corrected chi connectivity index (χ3v) is 3.36. The summed E-state index contributed by atoms with van der Waals surface area (Å²) in [4.78, 5) is 0. The van der Waals surface area contributed by atoms with Gasteiger partial charge in [-0.2, -0.15) is 0 Å². The number of rotatable bonds is 3. The monoisotopic (exact) mass is 204 g/mol. The molecule has 1 nitrogen and oxygen atoms in total. The van der Waals surface area contributed by atoms with Crippen molar-refractivity contribution in [2.24, 2.45) is 5.92 Å². The van der Waals surface area contributed by atoms with E-state index < -0.39 is 0 Å². The first-order valence-corrected chi connectivity index (χ1v) is 5.94. The molecule has 0 fully saturated rings. The van der Waals surface area contributed by atoms with Gasteiger partial charge in [0.25, 0.3) is 0 Å². The Balaban J connectivity index is 2.13. The Morgan fingerprint density at radius 3 is 2.80 bits per heavy atom. The summed E-state index contributed by atoms with van der Waals surface area (Å²) in [5.74, 6) is 0.955. The summed E-state index contributed by atoms with van der Waals surface area (Å²) in [6.45, 7) is 4.34. The average Bonchev–Trinajstić information content (AvgIpc) is 2.59. The Morgan fingerprint density at radius 2 is 2.07 bits per heavy atom. The molecule has 82 valence electrons. The zero-order chi connectivity index (χ0) is 10.8. The molecule has 15 heavy (non-hydrogen) atoms. The van der Waals surface area contributed by atoms with E-state index in [-0.39, 0.29) is 6.10 Å². The molecule has 0 spiro atoms. The van der Waals surface area contributed by atoms with E-state index in [1.165, 1.54) is 11.1 Å². The Labute approximate surface area is 92.1 Å². The van der Waals surface area contributed by atoms with Crippen LogP contribution in [0.4, 0.5) is 0 Å². The van der Waals surface area contributed by atoms with Crippen molar-refractivity contribution in [2.45, 2.75) is 45.1 Å². The number of fused-ring (bicyclic) bond motifs is 1. The SMILES string of the molecule is CC(C)CC(O)C1CCc2ccccc21. The number of aliphatic hydroxyl groups excluding tert-OH is 1. The summed E-state index contributed by atoms with van der Waals surface area (Å²) in [5, 5.41) is 10.2.